The maximum absolute atomic E-state index is 8.67. The van der Waals surface area contributed by atoms with Crippen LogP contribution in [0.2, 0.25) is 0 Å². The Morgan fingerprint density at radius 2 is 2.28 bits per heavy atom. The molecule has 0 saturated heterocycles. The van der Waals surface area contributed by atoms with Crippen molar-refractivity contribution in [3.05, 3.63) is 21.9 Å². The molecule has 1 aliphatic rings. The molecule has 1 N–H and O–H groups in total. The van der Waals surface area contributed by atoms with Gasteiger partial charge >= 0.3 is 0 Å². The highest BCUT2D eigenvalue weighted by Gasteiger charge is 2.28. The quantitative estimate of drug-likeness (QED) is 0.823. The lowest BCUT2D eigenvalue weighted by molar-refractivity contribution is 0.263. The van der Waals surface area contributed by atoms with Crippen molar-refractivity contribution in [2.45, 2.75) is 31.8 Å². The van der Waals surface area contributed by atoms with Gasteiger partial charge in [-0.2, -0.15) is 5.26 Å². The SMILES string of the molecule is N#CCCN(Cc1ccc(C#CCO)s1)C1CC1. The van der Waals surface area contributed by atoms with Crippen LogP contribution < -0.4 is 0 Å². The summed E-state index contributed by atoms with van der Waals surface area (Å²) >= 11 is 1.67. The van der Waals surface area contributed by atoms with Crippen LogP contribution in [0.4, 0.5) is 0 Å². The van der Waals surface area contributed by atoms with Gasteiger partial charge in [0.05, 0.1) is 10.9 Å². The Kier molecular flexibility index (Phi) is 4.78. The van der Waals surface area contributed by atoms with Crippen LogP contribution in [0.1, 0.15) is 29.0 Å². The van der Waals surface area contributed by atoms with Crippen LogP contribution in [0.25, 0.3) is 0 Å². The molecule has 0 atom stereocenters. The smallest absolute Gasteiger partial charge is 0.104 e. The highest BCUT2D eigenvalue weighted by molar-refractivity contribution is 7.12. The van der Waals surface area contributed by atoms with Gasteiger partial charge in [0.25, 0.3) is 0 Å². The summed E-state index contributed by atoms with van der Waals surface area (Å²) in [6.45, 7) is 1.68. The molecule has 0 aromatic carbocycles. The predicted octanol–water partition coefficient (Wildman–Crippen LogP) is 1.97. The Bertz CT molecular complexity index is 488. The van der Waals surface area contributed by atoms with E-state index in [0.29, 0.717) is 12.5 Å². The van der Waals surface area contributed by atoms with Crippen LogP contribution in [0, 0.1) is 23.2 Å². The van der Waals surface area contributed by atoms with Crippen molar-refractivity contribution >= 4 is 11.3 Å². The zero-order chi connectivity index (χ0) is 12.8. The van der Waals surface area contributed by atoms with Gasteiger partial charge < -0.3 is 5.11 Å². The van der Waals surface area contributed by atoms with E-state index in [2.05, 4.69) is 28.9 Å². The van der Waals surface area contributed by atoms with E-state index in [1.807, 2.05) is 6.07 Å². The molecule has 1 aliphatic carbocycles. The first-order valence-corrected chi connectivity index (χ1v) is 6.94. The number of hydrogen-bond donors (Lipinski definition) is 1. The molecule has 1 aromatic heterocycles. The third-order valence-corrected chi connectivity index (χ3v) is 3.87. The summed E-state index contributed by atoms with van der Waals surface area (Å²) in [7, 11) is 0. The molecule has 0 aliphatic heterocycles. The van der Waals surface area contributed by atoms with E-state index in [-0.39, 0.29) is 6.61 Å². The number of aliphatic hydroxyl groups excluding tert-OH is 1. The second-order valence-electron chi connectivity index (χ2n) is 4.34. The van der Waals surface area contributed by atoms with Gasteiger partial charge in [0.2, 0.25) is 0 Å². The summed E-state index contributed by atoms with van der Waals surface area (Å²) in [4.78, 5) is 4.66. The van der Waals surface area contributed by atoms with Crippen LogP contribution >= 0.6 is 11.3 Å². The normalized spacial score (nSPS) is 14.1. The molecule has 4 heteroatoms. The van der Waals surface area contributed by atoms with E-state index in [1.165, 1.54) is 17.7 Å². The van der Waals surface area contributed by atoms with Gasteiger partial charge in [-0.05, 0) is 25.0 Å². The van der Waals surface area contributed by atoms with E-state index in [1.54, 1.807) is 11.3 Å². The fourth-order valence-electron chi connectivity index (χ4n) is 1.88. The van der Waals surface area contributed by atoms with Crippen LogP contribution in [0.5, 0.6) is 0 Å². The van der Waals surface area contributed by atoms with Gasteiger partial charge in [-0.1, -0.05) is 11.8 Å². The Hall–Kier alpha value is -1.33. The minimum absolute atomic E-state index is 0.0936. The largest absolute Gasteiger partial charge is 0.384 e. The molecule has 0 unspecified atom stereocenters. The maximum Gasteiger partial charge on any atom is 0.104 e. The highest BCUT2D eigenvalue weighted by atomic mass is 32.1. The molecule has 0 bridgehead atoms. The molecule has 94 valence electrons. The molecule has 2 rings (SSSR count). The summed E-state index contributed by atoms with van der Waals surface area (Å²) < 4.78 is 0. The van der Waals surface area contributed by atoms with Crippen molar-refractivity contribution in [2.75, 3.05) is 13.2 Å². The number of hydrogen-bond acceptors (Lipinski definition) is 4. The number of thiophene rings is 1. The van der Waals surface area contributed by atoms with E-state index >= 15 is 0 Å². The standard InChI is InChI=1S/C14H16N2OS/c15-8-2-9-16(12-4-5-12)11-14-7-6-13(18-14)3-1-10-17/h6-7,12,17H,2,4-5,9-11H2. The average Bonchev–Trinajstić information content (AvgIpc) is 3.13. The first kappa shape index (κ1) is 13.1. The fourth-order valence-corrected chi connectivity index (χ4v) is 2.79. The summed E-state index contributed by atoms with van der Waals surface area (Å²) in [6.07, 6.45) is 3.11. The van der Waals surface area contributed by atoms with E-state index in [0.717, 1.165) is 18.0 Å². The number of nitriles is 1. The molecule has 0 amide bonds. The summed E-state index contributed by atoms with van der Waals surface area (Å²) in [5, 5.41) is 17.3. The molecule has 0 radical (unpaired) electrons. The van der Waals surface area contributed by atoms with Crippen molar-refractivity contribution in [2.24, 2.45) is 0 Å². The molecule has 3 nitrogen and oxygen atoms in total. The molecule has 18 heavy (non-hydrogen) atoms. The average molecular weight is 260 g/mol. The lowest BCUT2D eigenvalue weighted by Crippen LogP contribution is -2.26. The van der Waals surface area contributed by atoms with Crippen molar-refractivity contribution < 1.29 is 5.11 Å². The molecule has 1 heterocycles. The molecular formula is C14H16N2OS. The Morgan fingerprint density at radius 1 is 1.44 bits per heavy atom. The monoisotopic (exact) mass is 260 g/mol. The van der Waals surface area contributed by atoms with Gasteiger partial charge in [-0.15, -0.1) is 11.3 Å². The maximum atomic E-state index is 8.67. The molecule has 0 spiro atoms. The van der Waals surface area contributed by atoms with Crippen LogP contribution in [-0.2, 0) is 6.54 Å². The fraction of sp³-hybridized carbons (Fsp3) is 0.500. The Labute approximate surface area is 112 Å². The minimum Gasteiger partial charge on any atom is -0.384 e. The molecular weight excluding hydrogens is 244 g/mol. The van der Waals surface area contributed by atoms with Gasteiger partial charge in [0.15, 0.2) is 0 Å². The number of rotatable bonds is 5. The summed E-state index contributed by atoms with van der Waals surface area (Å²) in [5.41, 5.74) is 0. The van der Waals surface area contributed by atoms with Crippen LogP contribution in [0.3, 0.4) is 0 Å². The Morgan fingerprint density at radius 3 is 2.94 bits per heavy atom. The number of aliphatic hydroxyl groups is 1. The van der Waals surface area contributed by atoms with Gasteiger partial charge in [0.1, 0.15) is 6.61 Å². The molecule has 1 saturated carbocycles. The third kappa shape index (κ3) is 3.85. The first-order chi connectivity index (χ1) is 8.83. The zero-order valence-electron chi connectivity index (χ0n) is 10.2. The highest BCUT2D eigenvalue weighted by Crippen LogP contribution is 2.29. The summed E-state index contributed by atoms with van der Waals surface area (Å²) in [5.74, 6) is 5.58. The first-order valence-electron chi connectivity index (χ1n) is 6.13. The van der Waals surface area contributed by atoms with Crippen LogP contribution in [-0.4, -0.2) is 29.2 Å². The van der Waals surface area contributed by atoms with E-state index in [4.69, 9.17) is 10.4 Å². The number of nitrogens with zero attached hydrogens (tertiary/aromatic N) is 2. The van der Waals surface area contributed by atoms with E-state index in [9.17, 15) is 0 Å². The molecule has 1 fully saturated rings. The molecule has 1 aromatic rings. The second kappa shape index (κ2) is 6.56. The lowest BCUT2D eigenvalue weighted by Gasteiger charge is -2.19. The predicted molar refractivity (Wildman–Crippen MR) is 71.9 cm³/mol. The van der Waals surface area contributed by atoms with E-state index < -0.39 is 0 Å². The third-order valence-electron chi connectivity index (χ3n) is 2.89. The Balaban J connectivity index is 1.94. The van der Waals surface area contributed by atoms with Crippen LogP contribution in [0.15, 0.2) is 12.1 Å². The van der Waals surface area contributed by atoms with Crippen molar-refractivity contribution in [3.63, 3.8) is 0 Å². The van der Waals surface area contributed by atoms with Crippen molar-refractivity contribution in [1.29, 1.82) is 5.26 Å². The topological polar surface area (TPSA) is 47.3 Å². The van der Waals surface area contributed by atoms with Crippen molar-refractivity contribution in [1.82, 2.24) is 4.90 Å². The zero-order valence-corrected chi connectivity index (χ0v) is 11.0. The summed E-state index contributed by atoms with van der Waals surface area (Å²) in [6, 6.07) is 6.97. The lowest BCUT2D eigenvalue weighted by atomic mass is 10.3. The van der Waals surface area contributed by atoms with Gasteiger partial charge in [-0.25, -0.2) is 0 Å². The second-order valence-corrected chi connectivity index (χ2v) is 5.50. The minimum atomic E-state index is -0.0936. The van der Waals surface area contributed by atoms with Crippen molar-refractivity contribution in [3.8, 4) is 17.9 Å². The van der Waals surface area contributed by atoms with Gasteiger partial charge in [0, 0.05) is 30.4 Å². The van der Waals surface area contributed by atoms with Gasteiger partial charge in [-0.3, -0.25) is 4.90 Å².